The predicted octanol–water partition coefficient (Wildman–Crippen LogP) is 2.71. The Bertz CT molecular complexity index is 702. The second-order valence-electron chi connectivity index (χ2n) is 5.07. The van der Waals surface area contributed by atoms with Gasteiger partial charge in [-0.15, -0.1) is 0 Å². The minimum atomic E-state index is -0.620. The number of nitrogens with zero attached hydrogens (tertiary/aromatic N) is 1. The van der Waals surface area contributed by atoms with Gasteiger partial charge >= 0.3 is 5.97 Å². The molecule has 0 fully saturated rings. The lowest BCUT2D eigenvalue weighted by Gasteiger charge is -2.16. The molecule has 0 radical (unpaired) electrons. The van der Waals surface area contributed by atoms with Gasteiger partial charge in [-0.2, -0.15) is 11.8 Å². The minimum absolute atomic E-state index is 0.122. The summed E-state index contributed by atoms with van der Waals surface area (Å²) in [5.74, 6) is 0.106. The molecule has 5 nitrogen and oxygen atoms in total. The van der Waals surface area contributed by atoms with Crippen molar-refractivity contribution >= 4 is 46.1 Å². The van der Waals surface area contributed by atoms with Gasteiger partial charge in [-0.25, -0.2) is 4.79 Å². The topological polar surface area (TPSA) is 60.3 Å². The van der Waals surface area contributed by atoms with E-state index in [0.717, 1.165) is 16.7 Å². The van der Waals surface area contributed by atoms with Crippen LogP contribution in [0.25, 0.3) is 10.9 Å². The van der Waals surface area contributed by atoms with Crippen molar-refractivity contribution in [3.63, 3.8) is 0 Å². The van der Waals surface area contributed by atoms with E-state index in [1.165, 1.54) is 7.11 Å². The van der Waals surface area contributed by atoms with Crippen LogP contribution in [0.2, 0.25) is 5.02 Å². The average molecular weight is 355 g/mol. The lowest BCUT2D eigenvalue weighted by atomic mass is 10.2. The summed E-state index contributed by atoms with van der Waals surface area (Å²) in [6.07, 6.45) is 4.32. The molecule has 0 bridgehead atoms. The van der Waals surface area contributed by atoms with Crippen LogP contribution in [0, 0.1) is 0 Å². The molecule has 1 aromatic heterocycles. The van der Waals surface area contributed by atoms with Crippen molar-refractivity contribution in [1.82, 2.24) is 9.88 Å². The van der Waals surface area contributed by atoms with E-state index in [1.54, 1.807) is 16.3 Å². The first-order chi connectivity index (χ1) is 11.0. The maximum Gasteiger partial charge on any atom is 0.328 e. The Morgan fingerprint density at radius 2 is 2.17 bits per heavy atom. The lowest BCUT2D eigenvalue weighted by Crippen LogP contribution is -2.43. The van der Waals surface area contributed by atoms with Crippen LogP contribution >= 0.6 is 23.4 Å². The number of aromatic nitrogens is 1. The molecule has 0 unspecified atom stereocenters. The average Bonchev–Trinajstić information content (AvgIpc) is 2.92. The molecule has 23 heavy (non-hydrogen) atoms. The molecule has 0 aliphatic rings. The zero-order valence-corrected chi connectivity index (χ0v) is 14.6. The third-order valence-corrected chi connectivity index (χ3v) is 4.36. The molecule has 2 aromatic rings. The number of hydrogen-bond acceptors (Lipinski definition) is 4. The first-order valence-corrected chi connectivity index (χ1v) is 8.93. The van der Waals surface area contributed by atoms with E-state index in [1.807, 2.05) is 36.7 Å². The molecule has 1 N–H and O–H groups in total. The van der Waals surface area contributed by atoms with Crippen molar-refractivity contribution in [2.75, 3.05) is 19.1 Å². The van der Waals surface area contributed by atoms with E-state index in [4.69, 9.17) is 16.3 Å². The van der Waals surface area contributed by atoms with E-state index in [9.17, 15) is 9.59 Å². The molecule has 1 amide bonds. The van der Waals surface area contributed by atoms with Crippen LogP contribution in [0.5, 0.6) is 0 Å². The Morgan fingerprint density at radius 1 is 1.39 bits per heavy atom. The molecular weight excluding hydrogens is 336 g/mol. The lowest BCUT2D eigenvalue weighted by molar-refractivity contribution is -0.145. The fourth-order valence-electron chi connectivity index (χ4n) is 2.32. The normalized spacial score (nSPS) is 12.1. The third kappa shape index (κ3) is 4.65. The van der Waals surface area contributed by atoms with Gasteiger partial charge in [-0.1, -0.05) is 17.7 Å². The molecule has 0 aliphatic carbocycles. The fourth-order valence-corrected chi connectivity index (χ4v) is 2.95. The van der Waals surface area contributed by atoms with Crippen LogP contribution in [-0.4, -0.2) is 41.6 Å². The van der Waals surface area contributed by atoms with Crippen LogP contribution in [-0.2, 0) is 20.9 Å². The van der Waals surface area contributed by atoms with Crippen molar-refractivity contribution in [2.45, 2.75) is 19.0 Å². The van der Waals surface area contributed by atoms with E-state index in [2.05, 4.69) is 5.32 Å². The second-order valence-corrected chi connectivity index (χ2v) is 6.49. The Labute approximate surface area is 144 Å². The van der Waals surface area contributed by atoms with E-state index in [-0.39, 0.29) is 12.5 Å². The quantitative estimate of drug-likeness (QED) is 0.777. The Kier molecular flexibility index (Phi) is 6.36. The molecule has 1 aromatic carbocycles. The van der Waals surface area contributed by atoms with Crippen molar-refractivity contribution in [1.29, 1.82) is 0 Å². The molecule has 7 heteroatoms. The number of fused-ring (bicyclic) bond motifs is 1. The Morgan fingerprint density at radius 3 is 2.87 bits per heavy atom. The predicted molar refractivity (Wildman–Crippen MR) is 93.9 cm³/mol. The number of benzene rings is 1. The summed E-state index contributed by atoms with van der Waals surface area (Å²) in [4.78, 5) is 24.0. The number of methoxy groups -OCH3 is 1. The minimum Gasteiger partial charge on any atom is -0.467 e. The number of rotatable bonds is 7. The second kappa shape index (κ2) is 8.26. The van der Waals surface area contributed by atoms with Crippen molar-refractivity contribution < 1.29 is 14.3 Å². The summed E-state index contributed by atoms with van der Waals surface area (Å²) >= 11 is 7.62. The van der Waals surface area contributed by atoms with Crippen molar-refractivity contribution in [3.05, 3.63) is 35.5 Å². The highest BCUT2D eigenvalue weighted by Crippen LogP contribution is 2.20. The molecule has 0 saturated heterocycles. The smallest absolute Gasteiger partial charge is 0.328 e. The summed E-state index contributed by atoms with van der Waals surface area (Å²) in [5.41, 5.74) is 0.881. The molecular formula is C16H19ClN2O3S. The highest BCUT2D eigenvalue weighted by atomic mass is 35.5. The van der Waals surface area contributed by atoms with Crippen LogP contribution in [0.1, 0.15) is 6.42 Å². The maximum absolute atomic E-state index is 12.3. The van der Waals surface area contributed by atoms with E-state index in [0.29, 0.717) is 11.4 Å². The first-order valence-electron chi connectivity index (χ1n) is 7.15. The number of hydrogen-bond donors (Lipinski definition) is 1. The summed E-state index contributed by atoms with van der Waals surface area (Å²) < 4.78 is 6.55. The van der Waals surface area contributed by atoms with Gasteiger partial charge in [0.2, 0.25) is 5.91 Å². The molecule has 0 spiro atoms. The Balaban J connectivity index is 2.07. The first kappa shape index (κ1) is 17.7. The van der Waals surface area contributed by atoms with Gasteiger partial charge < -0.3 is 14.6 Å². The number of thioether (sulfide) groups is 1. The number of amides is 1. The summed E-state index contributed by atoms with van der Waals surface area (Å²) in [5, 5.41) is 4.36. The van der Waals surface area contributed by atoms with Crippen LogP contribution < -0.4 is 5.32 Å². The largest absolute Gasteiger partial charge is 0.467 e. The zero-order valence-electron chi connectivity index (χ0n) is 13.0. The van der Waals surface area contributed by atoms with Gasteiger partial charge in [0, 0.05) is 16.7 Å². The summed E-state index contributed by atoms with van der Waals surface area (Å²) in [6.45, 7) is 0.122. The number of ether oxygens (including phenoxy) is 1. The van der Waals surface area contributed by atoms with Gasteiger partial charge in [-0.05, 0) is 42.0 Å². The number of halogens is 1. The molecule has 2 rings (SSSR count). The monoisotopic (exact) mass is 354 g/mol. The van der Waals surface area contributed by atoms with Gasteiger partial charge in [0.1, 0.15) is 12.6 Å². The van der Waals surface area contributed by atoms with Crippen LogP contribution in [0.3, 0.4) is 0 Å². The number of nitrogens with one attached hydrogen (secondary N) is 1. The van der Waals surface area contributed by atoms with Crippen LogP contribution in [0.4, 0.5) is 0 Å². The SMILES string of the molecule is COC(=O)[C@@H](CCSC)NC(=O)Cn1ccc2ccc(Cl)cc21. The highest BCUT2D eigenvalue weighted by Gasteiger charge is 2.21. The molecule has 1 heterocycles. The molecule has 0 saturated carbocycles. The standard InChI is InChI=1S/C16H19ClN2O3S/c1-22-16(21)13(6-8-23-2)18-15(20)10-19-7-5-11-3-4-12(17)9-14(11)19/h3-5,7,9,13H,6,8,10H2,1-2H3,(H,18,20)/t13-/m1/s1. The van der Waals surface area contributed by atoms with Gasteiger partial charge in [-0.3, -0.25) is 4.79 Å². The van der Waals surface area contributed by atoms with Crippen molar-refractivity contribution in [2.24, 2.45) is 0 Å². The molecule has 124 valence electrons. The third-order valence-electron chi connectivity index (χ3n) is 3.48. The van der Waals surface area contributed by atoms with Crippen molar-refractivity contribution in [3.8, 4) is 0 Å². The van der Waals surface area contributed by atoms with Gasteiger partial charge in [0.25, 0.3) is 0 Å². The van der Waals surface area contributed by atoms with E-state index < -0.39 is 12.0 Å². The fraction of sp³-hybridized carbons (Fsp3) is 0.375. The summed E-state index contributed by atoms with van der Waals surface area (Å²) in [6, 6.07) is 6.83. The number of carbonyl (C=O) groups excluding carboxylic acids is 2. The molecule has 1 atom stereocenters. The van der Waals surface area contributed by atoms with Gasteiger partial charge in [0.15, 0.2) is 0 Å². The summed E-state index contributed by atoms with van der Waals surface area (Å²) in [7, 11) is 1.32. The highest BCUT2D eigenvalue weighted by molar-refractivity contribution is 7.98. The molecule has 0 aliphatic heterocycles. The maximum atomic E-state index is 12.3. The number of esters is 1. The zero-order chi connectivity index (χ0) is 16.8. The van der Waals surface area contributed by atoms with Gasteiger partial charge in [0.05, 0.1) is 7.11 Å². The number of carbonyl (C=O) groups is 2. The van der Waals surface area contributed by atoms with E-state index >= 15 is 0 Å². The Hall–Kier alpha value is -1.66. The van der Waals surface area contributed by atoms with Crippen LogP contribution in [0.15, 0.2) is 30.5 Å².